The summed E-state index contributed by atoms with van der Waals surface area (Å²) < 4.78 is 6.87. The molecular weight excluding hydrogens is 314 g/mol. The summed E-state index contributed by atoms with van der Waals surface area (Å²) in [5.74, 6) is 0.974. The molecule has 0 fully saturated rings. The van der Waals surface area contributed by atoms with Crippen molar-refractivity contribution in [3.8, 4) is 0 Å². The van der Waals surface area contributed by atoms with E-state index < -0.39 is 0 Å². The number of hydrogen-bond donors (Lipinski definition) is 1. The Bertz CT molecular complexity index is 761. The SMILES string of the molecule is Cc1ccc(NCc2c(C)oc3ccccc23)c(Br)c1. The summed E-state index contributed by atoms with van der Waals surface area (Å²) in [7, 11) is 0. The molecule has 102 valence electrons. The van der Waals surface area contributed by atoms with E-state index in [1.54, 1.807) is 0 Å². The number of benzene rings is 2. The third-order valence-corrected chi connectivity index (χ3v) is 4.14. The zero-order chi connectivity index (χ0) is 14.1. The molecule has 0 amide bonds. The molecule has 0 spiro atoms. The Kier molecular flexibility index (Phi) is 3.53. The fraction of sp³-hybridized carbons (Fsp3) is 0.176. The van der Waals surface area contributed by atoms with Crippen LogP contribution < -0.4 is 5.32 Å². The monoisotopic (exact) mass is 329 g/mol. The van der Waals surface area contributed by atoms with Gasteiger partial charge in [-0.25, -0.2) is 0 Å². The molecule has 2 aromatic carbocycles. The van der Waals surface area contributed by atoms with Gasteiger partial charge in [0.25, 0.3) is 0 Å². The second kappa shape index (κ2) is 5.33. The summed E-state index contributed by atoms with van der Waals surface area (Å²) in [5, 5.41) is 4.65. The first-order valence-electron chi connectivity index (χ1n) is 6.62. The van der Waals surface area contributed by atoms with Gasteiger partial charge in [0.2, 0.25) is 0 Å². The summed E-state index contributed by atoms with van der Waals surface area (Å²) in [4.78, 5) is 0. The highest BCUT2D eigenvalue weighted by molar-refractivity contribution is 9.10. The number of aryl methyl sites for hydroxylation is 2. The molecule has 1 N–H and O–H groups in total. The minimum Gasteiger partial charge on any atom is -0.461 e. The lowest BCUT2D eigenvalue weighted by atomic mass is 10.1. The first-order chi connectivity index (χ1) is 9.65. The molecule has 1 aromatic heterocycles. The van der Waals surface area contributed by atoms with Gasteiger partial charge in [0.05, 0.1) is 0 Å². The van der Waals surface area contributed by atoms with Crippen LogP contribution in [-0.4, -0.2) is 0 Å². The van der Waals surface area contributed by atoms with Crippen LogP contribution in [0.5, 0.6) is 0 Å². The van der Waals surface area contributed by atoms with Crippen LogP contribution >= 0.6 is 15.9 Å². The molecule has 0 bridgehead atoms. The number of fused-ring (bicyclic) bond motifs is 1. The Labute approximate surface area is 126 Å². The predicted molar refractivity (Wildman–Crippen MR) is 87.2 cm³/mol. The van der Waals surface area contributed by atoms with E-state index in [2.05, 4.69) is 52.4 Å². The van der Waals surface area contributed by atoms with Crippen LogP contribution in [0.3, 0.4) is 0 Å². The fourth-order valence-corrected chi connectivity index (χ4v) is 3.02. The van der Waals surface area contributed by atoms with Crippen molar-refractivity contribution < 1.29 is 4.42 Å². The highest BCUT2D eigenvalue weighted by Crippen LogP contribution is 2.28. The van der Waals surface area contributed by atoms with Crippen molar-refractivity contribution in [1.82, 2.24) is 0 Å². The molecule has 0 aliphatic rings. The predicted octanol–water partition coefficient (Wildman–Crippen LogP) is 5.42. The van der Waals surface area contributed by atoms with Crippen LogP contribution in [-0.2, 0) is 6.54 Å². The number of halogens is 1. The van der Waals surface area contributed by atoms with Gasteiger partial charge in [0.1, 0.15) is 11.3 Å². The van der Waals surface area contributed by atoms with Crippen molar-refractivity contribution in [1.29, 1.82) is 0 Å². The van der Waals surface area contributed by atoms with Crippen molar-refractivity contribution in [3.63, 3.8) is 0 Å². The summed E-state index contributed by atoms with van der Waals surface area (Å²) in [6.45, 7) is 4.86. The van der Waals surface area contributed by atoms with Gasteiger partial charge in [0, 0.05) is 27.7 Å². The van der Waals surface area contributed by atoms with Gasteiger partial charge in [-0.05, 0) is 53.5 Å². The van der Waals surface area contributed by atoms with Crippen molar-refractivity contribution >= 4 is 32.6 Å². The molecule has 0 radical (unpaired) electrons. The van der Waals surface area contributed by atoms with E-state index >= 15 is 0 Å². The second-order valence-electron chi connectivity index (χ2n) is 4.97. The van der Waals surface area contributed by atoms with Gasteiger partial charge in [-0.1, -0.05) is 24.3 Å². The largest absolute Gasteiger partial charge is 0.461 e. The maximum Gasteiger partial charge on any atom is 0.134 e. The van der Waals surface area contributed by atoms with E-state index in [1.165, 1.54) is 16.5 Å². The molecule has 3 heteroatoms. The Morgan fingerprint density at radius 1 is 1.10 bits per heavy atom. The lowest BCUT2D eigenvalue weighted by Crippen LogP contribution is -2.00. The van der Waals surface area contributed by atoms with Crippen LogP contribution in [0, 0.1) is 13.8 Å². The topological polar surface area (TPSA) is 25.2 Å². The smallest absolute Gasteiger partial charge is 0.134 e. The molecule has 3 aromatic rings. The van der Waals surface area contributed by atoms with Gasteiger partial charge in [-0.3, -0.25) is 0 Å². The first-order valence-corrected chi connectivity index (χ1v) is 7.41. The molecule has 1 heterocycles. The van der Waals surface area contributed by atoms with Crippen LogP contribution in [0.25, 0.3) is 11.0 Å². The highest BCUT2D eigenvalue weighted by Gasteiger charge is 2.10. The van der Waals surface area contributed by atoms with Gasteiger partial charge in [0.15, 0.2) is 0 Å². The Balaban J connectivity index is 1.88. The Morgan fingerprint density at radius 3 is 2.70 bits per heavy atom. The quantitative estimate of drug-likeness (QED) is 0.693. The van der Waals surface area contributed by atoms with Gasteiger partial charge >= 0.3 is 0 Å². The van der Waals surface area contributed by atoms with Crippen LogP contribution in [0.15, 0.2) is 51.4 Å². The lowest BCUT2D eigenvalue weighted by molar-refractivity contribution is 0.573. The van der Waals surface area contributed by atoms with E-state index in [0.717, 1.165) is 28.0 Å². The lowest BCUT2D eigenvalue weighted by Gasteiger charge is -2.09. The van der Waals surface area contributed by atoms with Crippen molar-refractivity contribution in [2.45, 2.75) is 20.4 Å². The number of anilines is 1. The highest BCUT2D eigenvalue weighted by atomic mass is 79.9. The molecule has 3 rings (SSSR count). The van der Waals surface area contributed by atoms with E-state index in [-0.39, 0.29) is 0 Å². The minimum absolute atomic E-state index is 0.754. The maximum atomic E-state index is 5.79. The first kappa shape index (κ1) is 13.3. The number of furan rings is 1. The van der Waals surface area contributed by atoms with E-state index in [1.807, 2.05) is 25.1 Å². The van der Waals surface area contributed by atoms with Crippen LogP contribution in [0.4, 0.5) is 5.69 Å². The molecule has 0 aliphatic heterocycles. The average Bonchev–Trinajstić information content (AvgIpc) is 2.74. The maximum absolute atomic E-state index is 5.79. The van der Waals surface area contributed by atoms with Crippen LogP contribution in [0.1, 0.15) is 16.9 Å². The third kappa shape index (κ3) is 2.46. The molecule has 2 nitrogen and oxygen atoms in total. The zero-order valence-corrected chi connectivity index (χ0v) is 13.1. The van der Waals surface area contributed by atoms with E-state index in [9.17, 15) is 0 Å². The molecule has 0 saturated carbocycles. The Hall–Kier alpha value is -1.74. The molecule has 0 saturated heterocycles. The standard InChI is InChI=1S/C17H16BrNO/c1-11-7-8-16(15(18)9-11)19-10-14-12(2)20-17-6-4-3-5-13(14)17/h3-9,19H,10H2,1-2H3. The number of hydrogen-bond acceptors (Lipinski definition) is 2. The summed E-state index contributed by atoms with van der Waals surface area (Å²) in [6.07, 6.45) is 0. The summed E-state index contributed by atoms with van der Waals surface area (Å²) >= 11 is 3.59. The van der Waals surface area contributed by atoms with Gasteiger partial charge < -0.3 is 9.73 Å². The van der Waals surface area contributed by atoms with Gasteiger partial charge in [-0.2, -0.15) is 0 Å². The fourth-order valence-electron chi connectivity index (χ4n) is 2.39. The molecule has 20 heavy (non-hydrogen) atoms. The van der Waals surface area contributed by atoms with E-state index in [0.29, 0.717) is 0 Å². The van der Waals surface area contributed by atoms with Crippen molar-refractivity contribution in [2.75, 3.05) is 5.32 Å². The number of rotatable bonds is 3. The normalized spacial score (nSPS) is 10.9. The van der Waals surface area contributed by atoms with Crippen molar-refractivity contribution in [3.05, 3.63) is 63.8 Å². The van der Waals surface area contributed by atoms with Crippen LogP contribution in [0.2, 0.25) is 0 Å². The molecule has 0 aliphatic carbocycles. The van der Waals surface area contributed by atoms with Crippen molar-refractivity contribution in [2.24, 2.45) is 0 Å². The summed E-state index contributed by atoms with van der Waals surface area (Å²) in [5.41, 5.74) is 4.51. The average molecular weight is 330 g/mol. The van der Waals surface area contributed by atoms with Gasteiger partial charge in [-0.15, -0.1) is 0 Å². The zero-order valence-electron chi connectivity index (χ0n) is 11.5. The second-order valence-corrected chi connectivity index (χ2v) is 5.82. The Morgan fingerprint density at radius 2 is 1.90 bits per heavy atom. The summed E-state index contributed by atoms with van der Waals surface area (Å²) in [6, 6.07) is 14.5. The number of para-hydroxylation sites is 1. The molecule has 0 atom stereocenters. The molecule has 0 unspecified atom stereocenters. The van der Waals surface area contributed by atoms with E-state index in [4.69, 9.17) is 4.42 Å². The number of nitrogens with one attached hydrogen (secondary N) is 1. The molecular formula is C17H16BrNO. The third-order valence-electron chi connectivity index (χ3n) is 3.48. The minimum atomic E-state index is 0.754.